The molecule has 0 aromatic carbocycles. The average molecular weight is 312 g/mol. The molecule has 0 rings (SSSR count). The van der Waals surface area contributed by atoms with E-state index in [2.05, 4.69) is 18.2 Å². The minimum absolute atomic E-state index is 0.0877. The molecule has 118 valence electrons. The molecule has 0 aromatic heterocycles. The van der Waals surface area contributed by atoms with Gasteiger partial charge in [-0.25, -0.2) is 9.36 Å². The Morgan fingerprint density at radius 1 is 1.15 bits per heavy atom. The van der Waals surface area contributed by atoms with Crippen molar-refractivity contribution in [2.75, 3.05) is 13.2 Å². The summed E-state index contributed by atoms with van der Waals surface area (Å²) in [4.78, 5) is 43.2. The standard InChI is InChI=1S/C11H18O4.H3O4P/c1-3-5-6-7-11(13)15-9-8-14-10(12)4-2;1-5(2,3)4/h4H,2-3,5-9H2,1H3;(H3,1,2,3,4). The molecule has 0 aliphatic heterocycles. The molecule has 0 spiro atoms. The average Bonchev–Trinajstić information content (AvgIpc) is 2.32. The predicted molar refractivity (Wildman–Crippen MR) is 70.5 cm³/mol. The van der Waals surface area contributed by atoms with Gasteiger partial charge >= 0.3 is 19.8 Å². The van der Waals surface area contributed by atoms with Gasteiger partial charge in [0.05, 0.1) is 0 Å². The Morgan fingerprint density at radius 3 is 2.10 bits per heavy atom. The zero-order chi connectivity index (χ0) is 16.0. The molecular weight excluding hydrogens is 291 g/mol. The highest BCUT2D eigenvalue weighted by atomic mass is 31.2. The second-order valence-electron chi connectivity index (χ2n) is 3.56. The van der Waals surface area contributed by atoms with Gasteiger partial charge in [-0.1, -0.05) is 26.3 Å². The number of carbonyl (C=O) groups is 2. The number of phosphoric acid groups is 1. The highest BCUT2D eigenvalue weighted by Crippen LogP contribution is 2.25. The van der Waals surface area contributed by atoms with Gasteiger partial charge < -0.3 is 24.2 Å². The van der Waals surface area contributed by atoms with E-state index in [1.54, 1.807) is 0 Å². The van der Waals surface area contributed by atoms with Crippen molar-refractivity contribution < 1.29 is 38.3 Å². The van der Waals surface area contributed by atoms with E-state index >= 15 is 0 Å². The van der Waals surface area contributed by atoms with E-state index in [-0.39, 0.29) is 19.2 Å². The Hall–Kier alpha value is -1.21. The van der Waals surface area contributed by atoms with Crippen molar-refractivity contribution in [1.29, 1.82) is 0 Å². The molecule has 0 amide bonds. The van der Waals surface area contributed by atoms with Crippen LogP contribution >= 0.6 is 7.82 Å². The van der Waals surface area contributed by atoms with E-state index in [9.17, 15) is 9.59 Å². The zero-order valence-corrected chi connectivity index (χ0v) is 12.3. The third-order valence-electron chi connectivity index (χ3n) is 1.74. The minimum atomic E-state index is -4.64. The van der Waals surface area contributed by atoms with E-state index in [4.69, 9.17) is 24.0 Å². The third kappa shape index (κ3) is 25.6. The van der Waals surface area contributed by atoms with Crippen LogP contribution < -0.4 is 0 Å². The quantitative estimate of drug-likeness (QED) is 0.261. The number of hydrogen-bond donors (Lipinski definition) is 3. The Morgan fingerprint density at radius 2 is 1.65 bits per heavy atom. The second-order valence-corrected chi connectivity index (χ2v) is 4.59. The molecule has 0 saturated carbocycles. The molecule has 0 aliphatic rings. The first-order valence-electron chi connectivity index (χ1n) is 5.93. The molecule has 0 bridgehead atoms. The summed E-state index contributed by atoms with van der Waals surface area (Å²) in [6.07, 6.45) is 4.46. The molecule has 0 heterocycles. The molecule has 3 N–H and O–H groups in total. The first kappa shape index (κ1) is 21.1. The van der Waals surface area contributed by atoms with Crippen LogP contribution in [0.2, 0.25) is 0 Å². The molecule has 9 heteroatoms. The molecule has 0 saturated heterocycles. The normalized spacial score (nSPS) is 10.0. The van der Waals surface area contributed by atoms with Crippen LogP contribution in [0.15, 0.2) is 12.7 Å². The van der Waals surface area contributed by atoms with Gasteiger partial charge in [-0.15, -0.1) is 0 Å². The highest BCUT2D eigenvalue weighted by Gasteiger charge is 2.02. The summed E-state index contributed by atoms with van der Waals surface area (Å²) in [6, 6.07) is 0. The van der Waals surface area contributed by atoms with Gasteiger partial charge in [-0.2, -0.15) is 0 Å². The lowest BCUT2D eigenvalue weighted by Crippen LogP contribution is -2.12. The van der Waals surface area contributed by atoms with Gasteiger partial charge in [0, 0.05) is 12.5 Å². The van der Waals surface area contributed by atoms with Gasteiger partial charge in [0.15, 0.2) is 0 Å². The van der Waals surface area contributed by atoms with Crippen molar-refractivity contribution >= 4 is 19.8 Å². The van der Waals surface area contributed by atoms with E-state index in [0.717, 1.165) is 25.3 Å². The SMILES string of the molecule is C=CC(=O)OCCOC(=O)CCCCC.O=P(O)(O)O. The number of hydrogen-bond acceptors (Lipinski definition) is 5. The van der Waals surface area contributed by atoms with Crippen molar-refractivity contribution in [1.82, 2.24) is 0 Å². The largest absolute Gasteiger partial charge is 0.466 e. The zero-order valence-electron chi connectivity index (χ0n) is 11.4. The molecule has 0 fully saturated rings. The van der Waals surface area contributed by atoms with E-state index < -0.39 is 13.8 Å². The van der Waals surface area contributed by atoms with Crippen LogP contribution in [0, 0.1) is 0 Å². The van der Waals surface area contributed by atoms with E-state index in [1.807, 2.05) is 0 Å². The number of unbranched alkanes of at least 4 members (excludes halogenated alkanes) is 2. The fourth-order valence-corrected chi connectivity index (χ4v) is 0.948. The van der Waals surface area contributed by atoms with Crippen molar-refractivity contribution in [3.63, 3.8) is 0 Å². The molecule has 8 nitrogen and oxygen atoms in total. The summed E-state index contributed by atoms with van der Waals surface area (Å²) in [7, 11) is -4.64. The van der Waals surface area contributed by atoms with E-state index in [0.29, 0.717) is 6.42 Å². The molecule has 0 unspecified atom stereocenters. The molecule has 20 heavy (non-hydrogen) atoms. The van der Waals surface area contributed by atoms with Crippen LogP contribution in [0.25, 0.3) is 0 Å². The number of esters is 2. The first-order chi connectivity index (χ1) is 9.20. The lowest BCUT2D eigenvalue weighted by Gasteiger charge is -2.04. The Balaban J connectivity index is 0. The lowest BCUT2D eigenvalue weighted by molar-refractivity contribution is -0.149. The van der Waals surface area contributed by atoms with Crippen LogP contribution in [0.3, 0.4) is 0 Å². The van der Waals surface area contributed by atoms with Crippen molar-refractivity contribution in [3.8, 4) is 0 Å². The molecule has 0 aliphatic carbocycles. The summed E-state index contributed by atoms with van der Waals surface area (Å²) in [5.41, 5.74) is 0. The van der Waals surface area contributed by atoms with Gasteiger partial charge in [0.25, 0.3) is 0 Å². The van der Waals surface area contributed by atoms with Crippen LogP contribution in [0.1, 0.15) is 32.6 Å². The van der Waals surface area contributed by atoms with Crippen LogP contribution in [0.4, 0.5) is 0 Å². The van der Waals surface area contributed by atoms with Crippen molar-refractivity contribution in [2.45, 2.75) is 32.6 Å². The van der Waals surface area contributed by atoms with Gasteiger partial charge in [-0.3, -0.25) is 4.79 Å². The van der Waals surface area contributed by atoms with Gasteiger partial charge in [-0.05, 0) is 6.42 Å². The Bertz CT molecular complexity index is 327. The maximum absolute atomic E-state index is 11.0. The topological polar surface area (TPSA) is 130 Å². The predicted octanol–water partition coefficient (Wildman–Crippen LogP) is 0.910. The Kier molecular flexibility index (Phi) is 13.5. The maximum atomic E-state index is 11.0. The maximum Gasteiger partial charge on any atom is 0.466 e. The van der Waals surface area contributed by atoms with Crippen LogP contribution in [-0.4, -0.2) is 39.8 Å². The number of carbonyl (C=O) groups excluding carboxylic acids is 2. The monoisotopic (exact) mass is 312 g/mol. The van der Waals surface area contributed by atoms with Gasteiger partial charge in [0.2, 0.25) is 0 Å². The summed E-state index contributed by atoms with van der Waals surface area (Å²) in [5, 5.41) is 0. The smallest absolute Gasteiger partial charge is 0.462 e. The summed E-state index contributed by atoms with van der Waals surface area (Å²) in [5.74, 6) is -0.741. The summed E-state index contributed by atoms with van der Waals surface area (Å²) in [6.45, 7) is 5.51. The van der Waals surface area contributed by atoms with Crippen LogP contribution in [0.5, 0.6) is 0 Å². The minimum Gasteiger partial charge on any atom is -0.462 e. The molecule has 0 radical (unpaired) electrons. The lowest BCUT2D eigenvalue weighted by atomic mass is 10.2. The van der Waals surface area contributed by atoms with Gasteiger partial charge in [0.1, 0.15) is 13.2 Å². The molecule has 0 aromatic rings. The summed E-state index contributed by atoms with van der Waals surface area (Å²) >= 11 is 0. The molecule has 0 atom stereocenters. The van der Waals surface area contributed by atoms with Crippen molar-refractivity contribution in [3.05, 3.63) is 12.7 Å². The second kappa shape index (κ2) is 12.8. The number of ether oxygens (including phenoxy) is 2. The molecular formula is C11H21O8P. The summed E-state index contributed by atoms with van der Waals surface area (Å²) < 4.78 is 18.3. The highest BCUT2D eigenvalue weighted by molar-refractivity contribution is 7.45. The fourth-order valence-electron chi connectivity index (χ4n) is 0.948. The van der Waals surface area contributed by atoms with E-state index in [1.165, 1.54) is 0 Å². The fraction of sp³-hybridized carbons (Fsp3) is 0.636. The van der Waals surface area contributed by atoms with Crippen LogP contribution in [-0.2, 0) is 23.6 Å². The van der Waals surface area contributed by atoms with Crippen molar-refractivity contribution in [2.24, 2.45) is 0 Å². The Labute approximate surface area is 117 Å². The first-order valence-corrected chi connectivity index (χ1v) is 7.50. The number of rotatable bonds is 8. The third-order valence-corrected chi connectivity index (χ3v) is 1.74.